The van der Waals surface area contributed by atoms with Crippen LogP contribution < -0.4 is 15.8 Å². The summed E-state index contributed by atoms with van der Waals surface area (Å²) in [4.78, 5) is 11.7. The fraction of sp³-hybridized carbons (Fsp3) is 0.364. The topological polar surface area (TPSA) is 64.3 Å². The average Bonchev–Trinajstić information content (AvgIpc) is 2.34. The first-order chi connectivity index (χ1) is 8.83. The highest BCUT2D eigenvalue weighted by Crippen LogP contribution is 2.29. The third-order valence-electron chi connectivity index (χ3n) is 2.16. The number of nitrogen functional groups attached to an aromatic ring is 1. The second kappa shape index (κ2) is 6.55. The molecule has 1 aromatic carbocycles. The summed E-state index contributed by atoms with van der Waals surface area (Å²) in [5.74, 6) is -0.331. The maximum Gasteiger partial charge on any atom is 0.441 e. The monoisotopic (exact) mass is 294 g/mol. The number of nitrogens with two attached hydrogens (primary N) is 1. The summed E-state index contributed by atoms with van der Waals surface area (Å²) >= 11 is -0.188. The van der Waals surface area contributed by atoms with Gasteiger partial charge in [-0.15, -0.1) is 0 Å². The minimum Gasteiger partial charge on any atom is -0.497 e. The molecule has 4 nitrogen and oxygen atoms in total. The van der Waals surface area contributed by atoms with Crippen molar-refractivity contribution in [3.63, 3.8) is 0 Å². The number of hydrogen-bond acceptors (Lipinski definition) is 4. The van der Waals surface area contributed by atoms with Gasteiger partial charge in [0.05, 0.1) is 12.7 Å². The van der Waals surface area contributed by atoms with Gasteiger partial charge in [0.1, 0.15) is 5.75 Å². The van der Waals surface area contributed by atoms with Crippen molar-refractivity contribution >= 4 is 23.4 Å². The zero-order valence-electron chi connectivity index (χ0n) is 10.1. The Labute approximate surface area is 112 Å². The van der Waals surface area contributed by atoms with Gasteiger partial charge in [-0.1, -0.05) is 0 Å². The minimum atomic E-state index is -4.29. The molecular weight excluding hydrogens is 281 g/mol. The van der Waals surface area contributed by atoms with Gasteiger partial charge in [-0.25, -0.2) is 0 Å². The van der Waals surface area contributed by atoms with Gasteiger partial charge in [0.25, 0.3) is 5.91 Å². The van der Waals surface area contributed by atoms with Crippen LogP contribution in [0.1, 0.15) is 10.4 Å². The van der Waals surface area contributed by atoms with Gasteiger partial charge < -0.3 is 15.8 Å². The Morgan fingerprint density at radius 3 is 2.74 bits per heavy atom. The van der Waals surface area contributed by atoms with Gasteiger partial charge in [0, 0.05) is 18.0 Å². The highest BCUT2D eigenvalue weighted by molar-refractivity contribution is 8.00. The fourth-order valence-electron chi connectivity index (χ4n) is 1.29. The molecule has 0 saturated carbocycles. The average molecular weight is 294 g/mol. The number of anilines is 1. The first-order valence-corrected chi connectivity index (χ1v) is 6.24. The second-order valence-corrected chi connectivity index (χ2v) is 4.66. The second-order valence-electron chi connectivity index (χ2n) is 3.50. The molecule has 106 valence electrons. The van der Waals surface area contributed by atoms with Gasteiger partial charge in [-0.2, -0.15) is 13.2 Å². The number of alkyl halides is 3. The van der Waals surface area contributed by atoms with Crippen LogP contribution in [0.4, 0.5) is 18.9 Å². The Bertz CT molecular complexity index is 452. The van der Waals surface area contributed by atoms with Crippen molar-refractivity contribution in [1.29, 1.82) is 0 Å². The lowest BCUT2D eigenvalue weighted by Crippen LogP contribution is -2.27. The van der Waals surface area contributed by atoms with E-state index in [1.165, 1.54) is 19.2 Å². The van der Waals surface area contributed by atoms with E-state index >= 15 is 0 Å². The lowest BCUT2D eigenvalue weighted by atomic mass is 10.1. The van der Waals surface area contributed by atoms with Gasteiger partial charge in [0.2, 0.25) is 0 Å². The summed E-state index contributed by atoms with van der Waals surface area (Å²) in [6, 6.07) is 4.52. The van der Waals surface area contributed by atoms with Crippen molar-refractivity contribution in [2.75, 3.05) is 25.1 Å². The van der Waals surface area contributed by atoms with E-state index < -0.39 is 11.4 Å². The number of halogens is 3. The molecule has 0 unspecified atom stereocenters. The smallest absolute Gasteiger partial charge is 0.441 e. The summed E-state index contributed by atoms with van der Waals surface area (Å²) in [7, 11) is 1.44. The number of carbonyl (C=O) groups is 1. The Hall–Kier alpha value is -1.57. The zero-order chi connectivity index (χ0) is 14.5. The molecule has 0 aliphatic heterocycles. The Kier molecular flexibility index (Phi) is 5.34. The highest BCUT2D eigenvalue weighted by atomic mass is 32.2. The quantitative estimate of drug-likeness (QED) is 0.646. The first kappa shape index (κ1) is 15.5. The van der Waals surface area contributed by atoms with E-state index in [0.717, 1.165) is 0 Å². The number of amides is 1. The lowest BCUT2D eigenvalue weighted by Gasteiger charge is -2.09. The van der Waals surface area contributed by atoms with E-state index in [-0.39, 0.29) is 35.3 Å². The van der Waals surface area contributed by atoms with E-state index in [0.29, 0.717) is 5.75 Å². The van der Waals surface area contributed by atoms with Crippen LogP contribution in [0, 0.1) is 0 Å². The molecule has 0 heterocycles. The van der Waals surface area contributed by atoms with E-state index in [2.05, 4.69) is 5.32 Å². The highest BCUT2D eigenvalue weighted by Gasteiger charge is 2.27. The normalized spacial score (nSPS) is 11.2. The van der Waals surface area contributed by atoms with Crippen molar-refractivity contribution in [1.82, 2.24) is 5.32 Å². The lowest BCUT2D eigenvalue weighted by molar-refractivity contribution is -0.0327. The molecule has 0 aliphatic carbocycles. The van der Waals surface area contributed by atoms with E-state index in [1.807, 2.05) is 0 Å². The van der Waals surface area contributed by atoms with Crippen molar-refractivity contribution in [2.45, 2.75) is 5.51 Å². The third-order valence-corrected chi connectivity index (χ3v) is 2.89. The number of thioether (sulfide) groups is 1. The largest absolute Gasteiger partial charge is 0.497 e. The van der Waals surface area contributed by atoms with Crippen LogP contribution in [0.2, 0.25) is 0 Å². The van der Waals surface area contributed by atoms with E-state index in [9.17, 15) is 18.0 Å². The minimum absolute atomic E-state index is 0.0976. The molecule has 19 heavy (non-hydrogen) atoms. The third kappa shape index (κ3) is 5.29. The molecule has 0 saturated heterocycles. The maximum atomic E-state index is 11.9. The Morgan fingerprint density at radius 2 is 2.16 bits per heavy atom. The van der Waals surface area contributed by atoms with Crippen molar-refractivity contribution in [3.05, 3.63) is 23.8 Å². The Morgan fingerprint density at radius 1 is 1.47 bits per heavy atom. The molecule has 1 amide bonds. The molecule has 0 atom stereocenters. The van der Waals surface area contributed by atoms with Crippen LogP contribution in [0.25, 0.3) is 0 Å². The number of benzene rings is 1. The van der Waals surface area contributed by atoms with Crippen molar-refractivity contribution in [3.8, 4) is 5.75 Å². The number of methoxy groups -OCH3 is 1. The first-order valence-electron chi connectivity index (χ1n) is 5.26. The number of hydrogen-bond donors (Lipinski definition) is 2. The molecule has 3 N–H and O–H groups in total. The molecule has 1 aromatic rings. The summed E-state index contributed by atoms with van der Waals surface area (Å²) in [6.07, 6.45) is 0. The zero-order valence-corrected chi connectivity index (χ0v) is 10.9. The van der Waals surface area contributed by atoms with Crippen LogP contribution in [-0.4, -0.2) is 30.8 Å². The molecule has 8 heteroatoms. The van der Waals surface area contributed by atoms with Crippen LogP contribution in [0.5, 0.6) is 5.75 Å². The number of carbonyl (C=O) groups excluding carboxylic acids is 1. The van der Waals surface area contributed by atoms with Crippen molar-refractivity contribution in [2.24, 2.45) is 0 Å². The summed E-state index contributed by atoms with van der Waals surface area (Å²) in [6.45, 7) is -0.0976. The van der Waals surface area contributed by atoms with Crippen LogP contribution in [0.3, 0.4) is 0 Å². The fourth-order valence-corrected chi connectivity index (χ4v) is 1.72. The molecule has 0 aliphatic rings. The summed E-state index contributed by atoms with van der Waals surface area (Å²) in [5, 5.41) is 2.37. The van der Waals surface area contributed by atoms with Gasteiger partial charge in [-0.3, -0.25) is 4.79 Å². The van der Waals surface area contributed by atoms with Crippen molar-refractivity contribution < 1.29 is 22.7 Å². The standard InChI is InChI=1S/C11H13F3N2O2S/c1-18-7-2-3-9(15)8(6-7)10(17)16-4-5-19-11(12,13)14/h2-3,6H,4-5,15H2,1H3,(H,16,17). The Balaban J connectivity index is 2.54. The van der Waals surface area contributed by atoms with Gasteiger partial charge >= 0.3 is 5.51 Å². The molecule has 0 spiro atoms. The van der Waals surface area contributed by atoms with E-state index in [4.69, 9.17) is 10.5 Å². The molecule has 1 rings (SSSR count). The van der Waals surface area contributed by atoms with Crippen LogP contribution >= 0.6 is 11.8 Å². The number of rotatable bonds is 5. The molecule has 0 radical (unpaired) electrons. The predicted octanol–water partition coefficient (Wildman–Crippen LogP) is 2.26. The summed E-state index contributed by atoms with van der Waals surface area (Å²) < 4.78 is 40.6. The number of ether oxygens (including phenoxy) is 1. The molecule has 0 aromatic heterocycles. The molecule has 0 bridgehead atoms. The SMILES string of the molecule is COc1ccc(N)c(C(=O)NCCSC(F)(F)F)c1. The molecule has 0 fully saturated rings. The van der Waals surface area contributed by atoms with Gasteiger partial charge in [-0.05, 0) is 30.0 Å². The van der Waals surface area contributed by atoms with E-state index in [1.54, 1.807) is 6.07 Å². The summed E-state index contributed by atoms with van der Waals surface area (Å²) in [5.41, 5.74) is 1.74. The van der Waals surface area contributed by atoms with Crippen LogP contribution in [0.15, 0.2) is 18.2 Å². The maximum absolute atomic E-state index is 11.9. The molecular formula is C11H13F3N2O2S. The van der Waals surface area contributed by atoms with Gasteiger partial charge in [0.15, 0.2) is 0 Å². The predicted molar refractivity (Wildman–Crippen MR) is 68.3 cm³/mol. The number of nitrogens with one attached hydrogen (secondary N) is 1. The van der Waals surface area contributed by atoms with Crippen LogP contribution in [-0.2, 0) is 0 Å².